The zero-order valence-electron chi connectivity index (χ0n) is 16.0. The fourth-order valence-electron chi connectivity index (χ4n) is 3.99. The van der Waals surface area contributed by atoms with Gasteiger partial charge in [0, 0.05) is 11.4 Å². The van der Waals surface area contributed by atoms with Gasteiger partial charge in [0.2, 0.25) is 10.0 Å². The first-order chi connectivity index (χ1) is 14.0. The molecule has 1 atom stereocenters. The second kappa shape index (κ2) is 6.98. The summed E-state index contributed by atoms with van der Waals surface area (Å²) < 4.78 is 64.3. The number of carbonyl (C=O) groups is 1. The fraction of sp³-hybridized carbons (Fsp3) is 0.350. The van der Waals surface area contributed by atoms with Gasteiger partial charge < -0.3 is 5.32 Å². The van der Waals surface area contributed by atoms with Crippen molar-refractivity contribution in [1.82, 2.24) is 0 Å². The monoisotopic (exact) mass is 439 g/mol. The molecule has 0 bridgehead atoms. The Bertz CT molecular complexity index is 1130. The predicted molar refractivity (Wildman–Crippen MR) is 106 cm³/mol. The van der Waals surface area contributed by atoms with Crippen LogP contribution in [-0.2, 0) is 16.2 Å². The number of alkyl halides is 3. The van der Waals surface area contributed by atoms with Crippen LogP contribution in [0.15, 0.2) is 41.3 Å². The van der Waals surface area contributed by atoms with Crippen molar-refractivity contribution >= 4 is 27.3 Å². The van der Waals surface area contributed by atoms with E-state index in [0.717, 1.165) is 30.9 Å². The third-order valence-corrected chi connectivity index (χ3v) is 6.68. The number of nitrogens with zero attached hydrogens (tertiary/aromatic N) is 1. The van der Waals surface area contributed by atoms with Crippen molar-refractivity contribution in [2.75, 3.05) is 10.2 Å². The van der Waals surface area contributed by atoms with E-state index in [1.807, 2.05) is 19.1 Å². The Labute approximate surface area is 171 Å². The number of nitrogens with one attached hydrogen (secondary N) is 1. The SMILES string of the molecule is Cc1ccccc1N1C(=O)c2cc(S(N)(=O)=O)c(C(F)(F)F)cc2NC1C1CCC1. The maximum absolute atomic E-state index is 13.5. The number of aryl methyl sites for hydroxylation is 1. The largest absolute Gasteiger partial charge is 0.417 e. The Morgan fingerprint density at radius 1 is 1.17 bits per heavy atom. The Hall–Kier alpha value is -2.59. The lowest BCUT2D eigenvalue weighted by atomic mass is 9.81. The Balaban J connectivity index is 1.92. The molecule has 3 N–H and O–H groups in total. The Kier molecular flexibility index (Phi) is 4.81. The highest BCUT2D eigenvalue weighted by Crippen LogP contribution is 2.43. The molecule has 6 nitrogen and oxygen atoms in total. The topological polar surface area (TPSA) is 92.5 Å². The van der Waals surface area contributed by atoms with Gasteiger partial charge in [-0.25, -0.2) is 13.6 Å². The molecule has 0 saturated heterocycles. The van der Waals surface area contributed by atoms with Crippen LogP contribution in [0.3, 0.4) is 0 Å². The molecular formula is C20H20F3N3O3S. The van der Waals surface area contributed by atoms with E-state index in [2.05, 4.69) is 5.32 Å². The molecule has 4 rings (SSSR count). The van der Waals surface area contributed by atoms with Gasteiger partial charge in [0.05, 0.1) is 16.0 Å². The minimum absolute atomic E-state index is 0.0403. The third kappa shape index (κ3) is 3.43. The first-order valence-corrected chi connectivity index (χ1v) is 11.0. The highest BCUT2D eigenvalue weighted by atomic mass is 32.2. The lowest BCUT2D eigenvalue weighted by molar-refractivity contribution is -0.139. The zero-order chi connectivity index (χ0) is 21.8. The van der Waals surface area contributed by atoms with Crippen molar-refractivity contribution < 1.29 is 26.4 Å². The van der Waals surface area contributed by atoms with Crippen molar-refractivity contribution in [3.05, 3.63) is 53.1 Å². The second-order valence-electron chi connectivity index (χ2n) is 7.68. The molecule has 1 fully saturated rings. The molecule has 1 aliphatic heterocycles. The van der Waals surface area contributed by atoms with Crippen molar-refractivity contribution in [3.63, 3.8) is 0 Å². The molecule has 2 aromatic rings. The summed E-state index contributed by atoms with van der Waals surface area (Å²) in [5, 5.41) is 8.10. The van der Waals surface area contributed by atoms with Crippen LogP contribution in [0.5, 0.6) is 0 Å². The first kappa shape index (κ1) is 20.7. The van der Waals surface area contributed by atoms with Crippen LogP contribution in [0.2, 0.25) is 0 Å². The summed E-state index contributed by atoms with van der Waals surface area (Å²) in [6.45, 7) is 1.83. The van der Waals surface area contributed by atoms with Crippen molar-refractivity contribution in [3.8, 4) is 0 Å². The van der Waals surface area contributed by atoms with Crippen LogP contribution in [0.1, 0.15) is 40.7 Å². The van der Waals surface area contributed by atoms with Gasteiger partial charge >= 0.3 is 6.18 Å². The number of anilines is 2. The lowest BCUT2D eigenvalue weighted by Gasteiger charge is -2.45. The summed E-state index contributed by atoms with van der Waals surface area (Å²) in [5.41, 5.74) is -0.151. The van der Waals surface area contributed by atoms with Crippen molar-refractivity contribution in [2.24, 2.45) is 11.1 Å². The summed E-state index contributed by atoms with van der Waals surface area (Å²) in [6, 6.07) is 8.58. The highest BCUT2D eigenvalue weighted by molar-refractivity contribution is 7.89. The van der Waals surface area contributed by atoms with E-state index >= 15 is 0 Å². The number of hydrogen-bond acceptors (Lipinski definition) is 4. The van der Waals surface area contributed by atoms with Gasteiger partial charge in [-0.3, -0.25) is 9.69 Å². The normalized spacial score (nSPS) is 19.8. The molecule has 30 heavy (non-hydrogen) atoms. The smallest absolute Gasteiger partial charge is 0.364 e. The summed E-state index contributed by atoms with van der Waals surface area (Å²) in [7, 11) is -4.71. The van der Waals surface area contributed by atoms with Gasteiger partial charge in [-0.2, -0.15) is 13.2 Å². The summed E-state index contributed by atoms with van der Waals surface area (Å²) in [4.78, 5) is 13.8. The standard InChI is InChI=1S/C20H20F3N3O3S/c1-11-5-2-3-8-16(11)26-18(12-6-4-7-12)25-15-10-14(20(21,22)23)17(30(24,28)29)9-13(15)19(26)27/h2-3,5,8-10,12,18,25H,4,6-7H2,1H3,(H2,24,28,29). The molecule has 2 aromatic carbocycles. The number of para-hydroxylation sites is 1. The fourth-order valence-corrected chi connectivity index (χ4v) is 4.75. The molecule has 0 radical (unpaired) electrons. The van der Waals surface area contributed by atoms with Crippen LogP contribution in [-0.4, -0.2) is 20.5 Å². The summed E-state index contributed by atoms with van der Waals surface area (Å²) >= 11 is 0. The van der Waals surface area contributed by atoms with E-state index < -0.39 is 38.7 Å². The first-order valence-electron chi connectivity index (χ1n) is 9.42. The third-order valence-electron chi connectivity index (χ3n) is 5.73. The lowest BCUT2D eigenvalue weighted by Crippen LogP contribution is -2.54. The zero-order valence-corrected chi connectivity index (χ0v) is 16.8. The number of nitrogens with two attached hydrogens (primary N) is 1. The highest BCUT2D eigenvalue weighted by Gasteiger charge is 2.44. The number of primary sulfonamides is 1. The van der Waals surface area contributed by atoms with Crippen LogP contribution < -0.4 is 15.4 Å². The van der Waals surface area contributed by atoms with Crippen molar-refractivity contribution in [1.29, 1.82) is 0 Å². The maximum Gasteiger partial charge on any atom is 0.417 e. The summed E-state index contributed by atoms with van der Waals surface area (Å²) in [5.74, 6) is -0.484. The van der Waals surface area contributed by atoms with Gasteiger partial charge in [-0.15, -0.1) is 0 Å². The van der Waals surface area contributed by atoms with E-state index in [1.165, 1.54) is 4.90 Å². The molecule has 10 heteroatoms. The number of rotatable bonds is 3. The van der Waals surface area contributed by atoms with Gasteiger partial charge in [0.15, 0.2) is 0 Å². The van der Waals surface area contributed by atoms with Gasteiger partial charge in [-0.1, -0.05) is 24.6 Å². The minimum atomic E-state index is -4.94. The Morgan fingerprint density at radius 3 is 2.37 bits per heavy atom. The second-order valence-corrected chi connectivity index (χ2v) is 9.21. The quantitative estimate of drug-likeness (QED) is 0.760. The molecular weight excluding hydrogens is 419 g/mol. The number of hydrogen-bond donors (Lipinski definition) is 2. The molecule has 1 unspecified atom stereocenters. The van der Waals surface area contributed by atoms with Crippen LogP contribution in [0.4, 0.5) is 24.5 Å². The van der Waals surface area contributed by atoms with Gasteiger partial charge in [0.1, 0.15) is 6.17 Å². The van der Waals surface area contributed by atoms with Crippen LogP contribution in [0, 0.1) is 12.8 Å². The Morgan fingerprint density at radius 2 is 1.83 bits per heavy atom. The predicted octanol–water partition coefficient (Wildman–Crippen LogP) is 3.86. The number of fused-ring (bicyclic) bond motifs is 1. The summed E-state index contributed by atoms with van der Waals surface area (Å²) in [6.07, 6.45) is -2.82. The van der Waals surface area contributed by atoms with E-state index in [9.17, 15) is 26.4 Å². The van der Waals surface area contributed by atoms with E-state index in [1.54, 1.807) is 12.1 Å². The molecule has 0 aromatic heterocycles. The number of sulfonamides is 1. The van der Waals surface area contributed by atoms with E-state index in [-0.39, 0.29) is 17.2 Å². The van der Waals surface area contributed by atoms with Gasteiger partial charge in [-0.05, 0) is 49.4 Å². The average molecular weight is 439 g/mol. The number of carbonyl (C=O) groups excluding carboxylic acids is 1. The molecule has 0 spiro atoms. The number of amides is 1. The molecule has 1 amide bonds. The molecule has 2 aliphatic rings. The van der Waals surface area contributed by atoms with Gasteiger partial charge in [0.25, 0.3) is 5.91 Å². The molecule has 1 aliphatic carbocycles. The number of halogens is 3. The van der Waals surface area contributed by atoms with Crippen molar-refractivity contribution in [2.45, 2.75) is 43.4 Å². The molecule has 1 saturated carbocycles. The number of benzene rings is 2. The molecule has 1 heterocycles. The molecule has 160 valence electrons. The maximum atomic E-state index is 13.5. The van der Waals surface area contributed by atoms with E-state index in [0.29, 0.717) is 11.8 Å². The minimum Gasteiger partial charge on any atom is -0.364 e. The van der Waals surface area contributed by atoms with Crippen LogP contribution in [0.25, 0.3) is 0 Å². The average Bonchev–Trinajstić information content (AvgIpc) is 2.59. The van der Waals surface area contributed by atoms with Crippen LogP contribution >= 0.6 is 0 Å². The van der Waals surface area contributed by atoms with E-state index in [4.69, 9.17) is 5.14 Å².